The normalized spacial score (nSPS) is 11.1. The average Bonchev–Trinajstić information content (AvgIpc) is 3.25. The summed E-state index contributed by atoms with van der Waals surface area (Å²) in [6, 6.07) is 20.3. The van der Waals surface area contributed by atoms with Crippen LogP contribution in [0.3, 0.4) is 0 Å². The maximum Gasteiger partial charge on any atom is 0.250 e. The largest absolute Gasteiger partial charge is 0.507 e. The lowest BCUT2D eigenvalue weighted by Gasteiger charge is -2.10. The molecule has 172 valence electrons. The Bertz CT molecular complexity index is 1340. The minimum Gasteiger partial charge on any atom is -0.507 e. The Morgan fingerprint density at radius 3 is 2.62 bits per heavy atom. The first-order valence-corrected chi connectivity index (χ1v) is 12.3. The number of thioether (sulfide) groups is 1. The van der Waals surface area contributed by atoms with Crippen LogP contribution in [0.4, 0.5) is 0 Å². The molecule has 0 bridgehead atoms. The van der Waals surface area contributed by atoms with Crippen molar-refractivity contribution < 1.29 is 9.90 Å². The fraction of sp³-hybridized carbons (Fsp3) is 0.0833. The highest BCUT2D eigenvalue weighted by Crippen LogP contribution is 2.29. The van der Waals surface area contributed by atoms with Gasteiger partial charge < -0.3 is 5.11 Å². The van der Waals surface area contributed by atoms with E-state index in [0.717, 1.165) is 21.3 Å². The number of aryl methyl sites for hydroxylation is 1. The second-order valence-corrected chi connectivity index (χ2v) is 9.56. The van der Waals surface area contributed by atoms with Gasteiger partial charge in [-0.15, -0.1) is 10.2 Å². The first-order chi connectivity index (χ1) is 16.4. The number of nitrogens with zero attached hydrogens (tertiary/aromatic N) is 4. The molecule has 0 radical (unpaired) electrons. The molecule has 0 fully saturated rings. The molecule has 0 aliphatic rings. The molecule has 4 rings (SSSR count). The van der Waals surface area contributed by atoms with Crippen LogP contribution in [0.25, 0.3) is 17.1 Å². The van der Waals surface area contributed by atoms with Crippen molar-refractivity contribution in [2.45, 2.75) is 12.1 Å². The van der Waals surface area contributed by atoms with Gasteiger partial charge in [-0.2, -0.15) is 5.10 Å². The maximum absolute atomic E-state index is 12.4. The number of hydrogen-bond acceptors (Lipinski definition) is 6. The minimum atomic E-state index is -0.321. The Balaban J connectivity index is 1.51. The molecule has 0 saturated heterocycles. The molecule has 0 aliphatic heterocycles. The first kappa shape index (κ1) is 24.0. The third kappa shape index (κ3) is 5.85. The molecule has 0 aliphatic carbocycles. The lowest BCUT2D eigenvalue weighted by Crippen LogP contribution is -2.20. The van der Waals surface area contributed by atoms with Crippen molar-refractivity contribution in [3.8, 4) is 22.8 Å². The van der Waals surface area contributed by atoms with Gasteiger partial charge in [-0.1, -0.05) is 69.1 Å². The Kier molecular flexibility index (Phi) is 7.66. The van der Waals surface area contributed by atoms with Gasteiger partial charge in [-0.05, 0) is 49.4 Å². The molecule has 4 aromatic rings. The van der Waals surface area contributed by atoms with Gasteiger partial charge in [-0.3, -0.25) is 9.36 Å². The van der Waals surface area contributed by atoms with Crippen LogP contribution in [0.2, 0.25) is 5.02 Å². The van der Waals surface area contributed by atoms with Crippen molar-refractivity contribution >= 4 is 51.4 Å². The zero-order valence-corrected chi connectivity index (χ0v) is 21.1. The number of aromatic nitrogens is 3. The summed E-state index contributed by atoms with van der Waals surface area (Å²) in [5.74, 6) is 0.475. The van der Waals surface area contributed by atoms with E-state index in [1.807, 2.05) is 47.9 Å². The summed E-state index contributed by atoms with van der Waals surface area (Å²) >= 11 is 10.6. The molecule has 3 aromatic carbocycles. The monoisotopic (exact) mass is 555 g/mol. The minimum absolute atomic E-state index is 0.0651. The smallest absolute Gasteiger partial charge is 0.250 e. The van der Waals surface area contributed by atoms with E-state index in [0.29, 0.717) is 21.6 Å². The molecule has 2 N–H and O–H groups in total. The number of carbonyl (C=O) groups excluding carboxylic acids is 1. The lowest BCUT2D eigenvalue weighted by atomic mass is 10.1. The maximum atomic E-state index is 12.4. The van der Waals surface area contributed by atoms with Gasteiger partial charge in [0.15, 0.2) is 11.0 Å². The highest BCUT2D eigenvalue weighted by Gasteiger charge is 2.17. The van der Waals surface area contributed by atoms with Crippen molar-refractivity contribution in [1.82, 2.24) is 20.2 Å². The van der Waals surface area contributed by atoms with E-state index in [1.165, 1.54) is 18.0 Å². The molecule has 34 heavy (non-hydrogen) atoms. The topological polar surface area (TPSA) is 92.4 Å². The van der Waals surface area contributed by atoms with Gasteiger partial charge in [0.05, 0.1) is 12.0 Å². The van der Waals surface area contributed by atoms with Gasteiger partial charge in [0.2, 0.25) is 0 Å². The number of halogens is 2. The standard InChI is InChI=1S/C24H19BrClN5O2S/c1-15-2-4-16(5-3-15)23-29-30-24(31(23)20-9-7-19(26)8-10-20)34-14-22(33)28-27-13-17-12-18(25)6-11-21(17)32/h2-13,32H,14H2,1H3,(H,28,33)/b27-13+. The zero-order chi connectivity index (χ0) is 24.1. The molecule has 0 spiro atoms. The van der Waals surface area contributed by atoms with Gasteiger partial charge in [0.25, 0.3) is 5.91 Å². The second-order valence-electron chi connectivity index (χ2n) is 7.27. The summed E-state index contributed by atoms with van der Waals surface area (Å²) in [4.78, 5) is 12.4. The van der Waals surface area contributed by atoms with Gasteiger partial charge >= 0.3 is 0 Å². The highest BCUT2D eigenvalue weighted by atomic mass is 79.9. The first-order valence-electron chi connectivity index (χ1n) is 10.1. The molecular weight excluding hydrogens is 538 g/mol. The van der Waals surface area contributed by atoms with Gasteiger partial charge in [0.1, 0.15) is 5.75 Å². The number of phenols is 1. The molecule has 0 saturated carbocycles. The van der Waals surface area contributed by atoms with E-state index >= 15 is 0 Å². The van der Waals surface area contributed by atoms with Crippen molar-refractivity contribution in [1.29, 1.82) is 0 Å². The molecule has 7 nitrogen and oxygen atoms in total. The Morgan fingerprint density at radius 1 is 1.15 bits per heavy atom. The summed E-state index contributed by atoms with van der Waals surface area (Å²) in [7, 11) is 0. The van der Waals surface area contributed by atoms with Crippen LogP contribution in [0.5, 0.6) is 5.75 Å². The number of hydrogen-bond donors (Lipinski definition) is 2. The fourth-order valence-electron chi connectivity index (χ4n) is 3.04. The molecule has 0 unspecified atom stereocenters. The van der Waals surface area contributed by atoms with Crippen molar-refractivity contribution in [3.05, 3.63) is 87.4 Å². The molecule has 1 amide bonds. The van der Waals surface area contributed by atoms with Crippen LogP contribution in [0, 0.1) is 6.92 Å². The van der Waals surface area contributed by atoms with E-state index in [-0.39, 0.29) is 17.4 Å². The summed E-state index contributed by atoms with van der Waals surface area (Å²) < 4.78 is 2.68. The summed E-state index contributed by atoms with van der Waals surface area (Å²) in [6.07, 6.45) is 1.38. The van der Waals surface area contributed by atoms with Crippen LogP contribution >= 0.6 is 39.3 Å². The SMILES string of the molecule is Cc1ccc(-c2nnc(SCC(=O)N/N=C/c3cc(Br)ccc3O)n2-c2ccc(Cl)cc2)cc1. The molecule has 1 heterocycles. The van der Waals surface area contributed by atoms with Crippen LogP contribution in [-0.2, 0) is 4.79 Å². The van der Waals surface area contributed by atoms with E-state index in [1.54, 1.807) is 30.3 Å². The van der Waals surface area contributed by atoms with Gasteiger partial charge in [-0.25, -0.2) is 5.43 Å². The van der Waals surface area contributed by atoms with Crippen LogP contribution in [-0.4, -0.2) is 37.7 Å². The quantitative estimate of drug-likeness (QED) is 0.175. The third-order valence-electron chi connectivity index (χ3n) is 4.74. The van der Waals surface area contributed by atoms with E-state index in [2.05, 4.69) is 36.7 Å². The number of amides is 1. The van der Waals surface area contributed by atoms with Gasteiger partial charge in [0, 0.05) is 26.3 Å². The zero-order valence-electron chi connectivity index (χ0n) is 17.9. The Morgan fingerprint density at radius 2 is 1.88 bits per heavy atom. The second kappa shape index (κ2) is 10.9. The summed E-state index contributed by atoms with van der Waals surface area (Å²) in [5, 5.41) is 23.7. The van der Waals surface area contributed by atoms with E-state index in [9.17, 15) is 9.90 Å². The van der Waals surface area contributed by atoms with E-state index in [4.69, 9.17) is 11.6 Å². The molecule has 10 heteroatoms. The predicted molar refractivity (Wildman–Crippen MR) is 139 cm³/mol. The number of benzene rings is 3. The summed E-state index contributed by atoms with van der Waals surface area (Å²) in [5.41, 5.74) is 5.82. The van der Waals surface area contributed by atoms with Crippen molar-refractivity contribution in [2.24, 2.45) is 5.10 Å². The lowest BCUT2D eigenvalue weighted by molar-refractivity contribution is -0.118. The van der Waals surface area contributed by atoms with Crippen LogP contribution in [0.15, 0.2) is 81.5 Å². The number of hydrazone groups is 1. The molecular formula is C24H19BrClN5O2S. The molecule has 1 aromatic heterocycles. The predicted octanol–water partition coefficient (Wildman–Crippen LogP) is 5.61. The Hall–Kier alpha value is -3.14. The third-order valence-corrected chi connectivity index (χ3v) is 6.42. The fourth-order valence-corrected chi connectivity index (χ4v) is 4.29. The van der Waals surface area contributed by atoms with E-state index < -0.39 is 0 Å². The van der Waals surface area contributed by atoms with Crippen LogP contribution in [0.1, 0.15) is 11.1 Å². The number of carbonyl (C=O) groups is 1. The average molecular weight is 557 g/mol. The number of rotatable bonds is 7. The number of aromatic hydroxyl groups is 1. The molecule has 0 atom stereocenters. The van der Waals surface area contributed by atoms with Crippen LogP contribution < -0.4 is 5.43 Å². The highest BCUT2D eigenvalue weighted by molar-refractivity contribution is 9.10. The Labute approximate surface area is 214 Å². The summed E-state index contributed by atoms with van der Waals surface area (Å²) in [6.45, 7) is 2.02. The van der Waals surface area contributed by atoms with Crippen molar-refractivity contribution in [2.75, 3.05) is 5.75 Å². The number of phenolic OH excluding ortho intramolecular Hbond substituents is 1. The number of nitrogens with one attached hydrogen (secondary N) is 1. The van der Waals surface area contributed by atoms with Crippen molar-refractivity contribution in [3.63, 3.8) is 0 Å².